The second-order valence-corrected chi connectivity index (χ2v) is 4.75. The molecule has 0 aromatic rings. The lowest BCUT2D eigenvalue weighted by Crippen LogP contribution is -2.59. The fraction of sp³-hybridized carbons (Fsp3) is 0.900. The van der Waals surface area contributed by atoms with Gasteiger partial charge in [0.05, 0.1) is 12.7 Å². The van der Waals surface area contributed by atoms with E-state index in [1.54, 1.807) is 0 Å². The van der Waals surface area contributed by atoms with Crippen LogP contribution in [-0.2, 0) is 14.4 Å². The number of amides is 1. The van der Waals surface area contributed by atoms with E-state index in [1.807, 2.05) is 0 Å². The minimum atomic E-state index is -1.55. The van der Waals surface area contributed by atoms with Crippen molar-refractivity contribution in [1.29, 1.82) is 0 Å². The third-order valence-corrected chi connectivity index (χ3v) is 3.38. The summed E-state index contributed by atoms with van der Waals surface area (Å²) in [5.41, 5.74) is 8.50. The van der Waals surface area contributed by atoms with Crippen LogP contribution in [0.1, 0.15) is 12.8 Å². The topological polar surface area (TPSA) is 168 Å². The molecule has 0 bridgehead atoms. The standard InChI is InChI=1S/C10H16N4O7/c11-13-12-7-9(19)8(18)4(3-15)20-10(7)21-14-5(16)1-2-6(14)17/h4-5,7-10,15-16,18-19H,1-3H2/t4?,5-,7-,8-,9?,10+/m0/s1. The number of hydrogen-bond donors (Lipinski definition) is 4. The zero-order valence-electron chi connectivity index (χ0n) is 10.9. The number of carbonyl (C=O) groups excluding carboxylic acids is 1. The fourth-order valence-corrected chi connectivity index (χ4v) is 2.22. The van der Waals surface area contributed by atoms with E-state index in [1.165, 1.54) is 0 Å². The number of carbonyl (C=O) groups is 1. The molecule has 2 heterocycles. The van der Waals surface area contributed by atoms with E-state index >= 15 is 0 Å². The van der Waals surface area contributed by atoms with Crippen LogP contribution in [0.15, 0.2) is 5.11 Å². The number of ether oxygens (including phenoxy) is 1. The summed E-state index contributed by atoms with van der Waals surface area (Å²) in [6, 6.07) is -1.34. The minimum Gasteiger partial charge on any atom is -0.394 e. The number of aliphatic hydroxyl groups excluding tert-OH is 4. The predicted octanol–water partition coefficient (Wildman–Crippen LogP) is -2.02. The molecule has 2 saturated heterocycles. The lowest BCUT2D eigenvalue weighted by atomic mass is 9.98. The van der Waals surface area contributed by atoms with Crippen molar-refractivity contribution in [2.45, 2.75) is 49.7 Å². The zero-order chi connectivity index (χ0) is 15.6. The molecule has 2 unspecified atom stereocenters. The van der Waals surface area contributed by atoms with Gasteiger partial charge in [-0.2, -0.15) is 5.06 Å². The molecule has 2 aliphatic heterocycles. The van der Waals surface area contributed by atoms with Gasteiger partial charge in [0.1, 0.15) is 18.2 Å². The van der Waals surface area contributed by atoms with Gasteiger partial charge in [0, 0.05) is 17.8 Å². The third-order valence-electron chi connectivity index (χ3n) is 3.38. The van der Waals surface area contributed by atoms with Crippen LogP contribution in [0.25, 0.3) is 10.4 Å². The van der Waals surface area contributed by atoms with Gasteiger partial charge in [0.2, 0.25) is 5.91 Å². The van der Waals surface area contributed by atoms with Gasteiger partial charge in [0.25, 0.3) is 0 Å². The summed E-state index contributed by atoms with van der Waals surface area (Å²) in [4.78, 5) is 19.2. The smallest absolute Gasteiger partial charge is 0.248 e. The predicted molar refractivity (Wildman–Crippen MR) is 63.9 cm³/mol. The van der Waals surface area contributed by atoms with Crippen molar-refractivity contribution in [2.75, 3.05) is 6.61 Å². The van der Waals surface area contributed by atoms with E-state index < -0.39 is 49.4 Å². The largest absolute Gasteiger partial charge is 0.394 e. The highest BCUT2D eigenvalue weighted by molar-refractivity contribution is 5.77. The summed E-state index contributed by atoms with van der Waals surface area (Å²) in [6.07, 6.45) is -6.56. The molecule has 21 heavy (non-hydrogen) atoms. The highest BCUT2D eigenvalue weighted by Crippen LogP contribution is 2.27. The van der Waals surface area contributed by atoms with Gasteiger partial charge in [-0.05, 0) is 5.53 Å². The number of aliphatic hydroxyl groups is 4. The van der Waals surface area contributed by atoms with Gasteiger partial charge in [-0.3, -0.25) is 4.79 Å². The van der Waals surface area contributed by atoms with E-state index in [-0.39, 0.29) is 12.8 Å². The summed E-state index contributed by atoms with van der Waals surface area (Å²) >= 11 is 0. The number of rotatable bonds is 4. The summed E-state index contributed by atoms with van der Waals surface area (Å²) in [5, 5.41) is 42.3. The second-order valence-electron chi connectivity index (χ2n) is 4.75. The summed E-state index contributed by atoms with van der Waals surface area (Å²) < 4.78 is 5.19. The van der Waals surface area contributed by atoms with Crippen LogP contribution >= 0.6 is 0 Å². The Bertz CT molecular complexity index is 443. The molecule has 0 saturated carbocycles. The normalized spacial score (nSPS) is 40.2. The van der Waals surface area contributed by atoms with Crippen LogP contribution in [0.5, 0.6) is 0 Å². The first-order chi connectivity index (χ1) is 9.99. The highest BCUT2D eigenvalue weighted by atomic mass is 16.8. The monoisotopic (exact) mass is 304 g/mol. The van der Waals surface area contributed by atoms with E-state index in [0.717, 1.165) is 0 Å². The van der Waals surface area contributed by atoms with Crippen molar-refractivity contribution >= 4 is 5.91 Å². The van der Waals surface area contributed by atoms with E-state index in [9.17, 15) is 20.1 Å². The van der Waals surface area contributed by atoms with Crippen molar-refractivity contribution in [1.82, 2.24) is 5.06 Å². The Morgan fingerprint density at radius 3 is 2.67 bits per heavy atom. The number of nitrogens with zero attached hydrogens (tertiary/aromatic N) is 4. The molecule has 2 aliphatic rings. The first-order valence-electron chi connectivity index (χ1n) is 6.33. The number of hydroxylamine groups is 2. The van der Waals surface area contributed by atoms with Crippen LogP contribution in [0, 0.1) is 0 Å². The van der Waals surface area contributed by atoms with E-state index in [4.69, 9.17) is 20.2 Å². The molecule has 0 spiro atoms. The lowest BCUT2D eigenvalue weighted by molar-refractivity contribution is -0.344. The van der Waals surface area contributed by atoms with E-state index in [0.29, 0.717) is 5.06 Å². The second kappa shape index (κ2) is 6.54. The lowest BCUT2D eigenvalue weighted by Gasteiger charge is -2.41. The van der Waals surface area contributed by atoms with Gasteiger partial charge in [-0.25, -0.2) is 4.84 Å². The molecule has 1 amide bonds. The van der Waals surface area contributed by atoms with Crippen molar-refractivity contribution in [3.63, 3.8) is 0 Å². The molecular weight excluding hydrogens is 288 g/mol. The molecule has 11 nitrogen and oxygen atoms in total. The van der Waals surface area contributed by atoms with Gasteiger partial charge in [0.15, 0.2) is 12.5 Å². The highest BCUT2D eigenvalue weighted by Gasteiger charge is 2.47. The fourth-order valence-electron chi connectivity index (χ4n) is 2.22. The molecule has 0 aromatic carbocycles. The van der Waals surface area contributed by atoms with Gasteiger partial charge in [-0.15, -0.1) is 0 Å². The van der Waals surface area contributed by atoms with Crippen molar-refractivity contribution in [3.8, 4) is 0 Å². The summed E-state index contributed by atoms with van der Waals surface area (Å²) in [7, 11) is 0. The van der Waals surface area contributed by atoms with E-state index in [2.05, 4.69) is 10.0 Å². The van der Waals surface area contributed by atoms with Gasteiger partial charge in [-0.1, -0.05) is 5.11 Å². The summed E-state index contributed by atoms with van der Waals surface area (Å²) in [6.45, 7) is -0.614. The zero-order valence-corrected chi connectivity index (χ0v) is 10.9. The average Bonchev–Trinajstić information content (AvgIpc) is 2.78. The Morgan fingerprint density at radius 1 is 1.43 bits per heavy atom. The maximum absolute atomic E-state index is 11.5. The first-order valence-corrected chi connectivity index (χ1v) is 6.33. The minimum absolute atomic E-state index is 0.0781. The van der Waals surface area contributed by atoms with Gasteiger partial charge >= 0.3 is 0 Å². The molecule has 11 heteroatoms. The average molecular weight is 304 g/mol. The number of azide groups is 1. The van der Waals surface area contributed by atoms with Crippen LogP contribution in [-0.4, -0.2) is 74.9 Å². The molecule has 0 aromatic heterocycles. The molecule has 0 radical (unpaired) electrons. The maximum Gasteiger partial charge on any atom is 0.248 e. The van der Waals surface area contributed by atoms with Gasteiger partial charge < -0.3 is 25.2 Å². The molecule has 6 atom stereocenters. The van der Waals surface area contributed by atoms with Crippen molar-refractivity contribution in [2.24, 2.45) is 5.11 Å². The number of hydrogen-bond acceptors (Lipinski definition) is 8. The SMILES string of the molecule is [N-]=[N+]=N[C@H]1C(O)[C@@H](O)C(CO)O[C@@H]1ON1C(=O)CC[C@@H]1O. The Kier molecular flexibility index (Phi) is 4.96. The van der Waals surface area contributed by atoms with Crippen LogP contribution in [0.4, 0.5) is 0 Å². The Labute approximate surface area is 118 Å². The first kappa shape index (κ1) is 15.9. The Hall–Kier alpha value is -1.46. The molecule has 118 valence electrons. The molecular formula is C10H16N4O7. The molecule has 2 rings (SSSR count). The molecule has 0 aliphatic carbocycles. The molecule has 2 fully saturated rings. The van der Waals surface area contributed by atoms with Crippen LogP contribution in [0.3, 0.4) is 0 Å². The Morgan fingerprint density at radius 2 is 2.14 bits per heavy atom. The maximum atomic E-state index is 11.5. The van der Waals surface area contributed by atoms with Crippen LogP contribution in [0.2, 0.25) is 0 Å². The third kappa shape index (κ3) is 3.09. The van der Waals surface area contributed by atoms with Crippen LogP contribution < -0.4 is 0 Å². The molecule has 4 N–H and O–H groups in total. The van der Waals surface area contributed by atoms with Crippen molar-refractivity contribution in [3.05, 3.63) is 10.4 Å². The Balaban J connectivity index is 2.17. The summed E-state index contributed by atoms with van der Waals surface area (Å²) in [5.74, 6) is -0.494. The quantitative estimate of drug-likeness (QED) is 0.264. The van der Waals surface area contributed by atoms with Crippen molar-refractivity contribution < 1.29 is 34.8 Å².